The number of nitrogens with zero attached hydrogens (tertiary/aromatic N) is 7. The summed E-state index contributed by atoms with van der Waals surface area (Å²) in [5.74, 6) is 1.95. The zero-order valence-electron chi connectivity index (χ0n) is 23.9. The SMILES string of the molecule is C=C(/N=C1\C(=C(C)C)N=C(NCc2ncc([S+]([O-])CC)cn2)C(=O)N1C(C)CC)c1c(OC)ncnc1C1CC1. The van der Waals surface area contributed by atoms with Gasteiger partial charge in [0.25, 0.3) is 5.91 Å². The summed E-state index contributed by atoms with van der Waals surface area (Å²) in [5, 5.41) is 3.11. The Labute approximate surface area is 238 Å². The van der Waals surface area contributed by atoms with Crippen LogP contribution in [0.4, 0.5) is 0 Å². The number of hydrogen-bond acceptors (Lipinski definition) is 10. The highest BCUT2D eigenvalue weighted by Gasteiger charge is 2.36. The third kappa shape index (κ3) is 6.23. The van der Waals surface area contributed by atoms with Gasteiger partial charge in [-0.3, -0.25) is 9.69 Å². The molecule has 3 heterocycles. The molecule has 1 fully saturated rings. The zero-order chi connectivity index (χ0) is 29.0. The van der Waals surface area contributed by atoms with Gasteiger partial charge in [0.15, 0.2) is 16.6 Å². The van der Waals surface area contributed by atoms with E-state index in [0.717, 1.165) is 24.1 Å². The van der Waals surface area contributed by atoms with E-state index in [1.807, 2.05) is 34.6 Å². The van der Waals surface area contributed by atoms with Crippen molar-refractivity contribution >= 4 is 34.5 Å². The van der Waals surface area contributed by atoms with Crippen LogP contribution in [-0.2, 0) is 22.5 Å². The molecule has 4 rings (SSSR count). The molecule has 12 heteroatoms. The van der Waals surface area contributed by atoms with Gasteiger partial charge in [-0.1, -0.05) is 13.5 Å². The molecule has 1 saturated carbocycles. The third-order valence-corrected chi connectivity index (χ3v) is 8.00. The maximum atomic E-state index is 13.8. The van der Waals surface area contributed by atoms with Crippen LogP contribution in [0.1, 0.15) is 76.9 Å². The first-order valence-corrected chi connectivity index (χ1v) is 14.7. The fourth-order valence-electron chi connectivity index (χ4n) is 4.22. The Morgan fingerprint density at radius 1 is 1.25 bits per heavy atom. The van der Waals surface area contributed by atoms with Gasteiger partial charge >= 0.3 is 0 Å². The van der Waals surface area contributed by atoms with Gasteiger partial charge in [0, 0.05) is 12.0 Å². The Balaban J connectivity index is 1.70. The van der Waals surface area contributed by atoms with E-state index in [0.29, 0.717) is 57.5 Å². The van der Waals surface area contributed by atoms with Crippen LogP contribution in [0.25, 0.3) is 5.70 Å². The summed E-state index contributed by atoms with van der Waals surface area (Å²) >= 11 is -1.13. The lowest BCUT2D eigenvalue weighted by Gasteiger charge is -2.34. The Kier molecular flexibility index (Phi) is 9.31. The topological polar surface area (TPSA) is 141 Å². The van der Waals surface area contributed by atoms with Crippen LogP contribution in [0, 0.1) is 0 Å². The number of amidine groups is 2. The fourth-order valence-corrected chi connectivity index (χ4v) is 4.90. The van der Waals surface area contributed by atoms with Crippen LogP contribution < -0.4 is 10.1 Å². The van der Waals surface area contributed by atoms with E-state index < -0.39 is 11.2 Å². The number of rotatable bonds is 10. The summed E-state index contributed by atoms with van der Waals surface area (Å²) in [4.78, 5) is 43.0. The summed E-state index contributed by atoms with van der Waals surface area (Å²) in [6.07, 6.45) is 7.37. The van der Waals surface area contributed by atoms with Crippen molar-refractivity contribution in [3.63, 3.8) is 0 Å². The summed E-state index contributed by atoms with van der Waals surface area (Å²) in [6.45, 7) is 14.1. The van der Waals surface area contributed by atoms with Crippen LogP contribution in [-0.4, -0.2) is 65.9 Å². The van der Waals surface area contributed by atoms with Gasteiger partial charge in [-0.05, 0) is 63.7 Å². The van der Waals surface area contributed by atoms with Gasteiger partial charge < -0.3 is 14.6 Å². The summed E-state index contributed by atoms with van der Waals surface area (Å²) in [6, 6.07) is -0.169. The summed E-state index contributed by atoms with van der Waals surface area (Å²) < 4.78 is 17.5. The maximum absolute atomic E-state index is 13.8. The van der Waals surface area contributed by atoms with E-state index in [9.17, 15) is 9.35 Å². The molecule has 1 aliphatic heterocycles. The van der Waals surface area contributed by atoms with E-state index in [2.05, 4.69) is 31.8 Å². The van der Waals surface area contributed by atoms with Crippen LogP contribution in [0.3, 0.4) is 0 Å². The van der Waals surface area contributed by atoms with E-state index in [4.69, 9.17) is 14.7 Å². The van der Waals surface area contributed by atoms with Crippen molar-refractivity contribution in [2.75, 3.05) is 12.9 Å². The van der Waals surface area contributed by atoms with Crippen LogP contribution in [0.2, 0.25) is 0 Å². The second-order valence-corrected chi connectivity index (χ2v) is 11.6. The second kappa shape index (κ2) is 12.7. The number of ether oxygens (including phenoxy) is 1. The number of nitrogens with one attached hydrogen (secondary N) is 1. The minimum atomic E-state index is -1.13. The Bertz CT molecular complexity index is 1360. The zero-order valence-corrected chi connectivity index (χ0v) is 24.7. The second-order valence-electron chi connectivity index (χ2n) is 9.86. The van der Waals surface area contributed by atoms with Crippen molar-refractivity contribution in [1.82, 2.24) is 30.2 Å². The van der Waals surface area contributed by atoms with Crippen LogP contribution >= 0.6 is 0 Å². The molecule has 1 aliphatic carbocycles. The average molecular weight is 565 g/mol. The molecule has 0 saturated heterocycles. The molecule has 2 unspecified atom stereocenters. The molecule has 2 aromatic rings. The van der Waals surface area contributed by atoms with E-state index in [-0.39, 0.29) is 24.3 Å². The number of amides is 1. The van der Waals surface area contributed by atoms with Crippen molar-refractivity contribution in [3.05, 3.63) is 53.7 Å². The number of allylic oxidation sites excluding steroid dienone is 1. The average Bonchev–Trinajstić information content (AvgIpc) is 3.81. The van der Waals surface area contributed by atoms with Crippen molar-refractivity contribution in [3.8, 4) is 5.88 Å². The summed E-state index contributed by atoms with van der Waals surface area (Å²) in [5.41, 5.74) is 3.38. The van der Waals surface area contributed by atoms with Gasteiger partial charge in [-0.2, -0.15) is 0 Å². The maximum Gasteiger partial charge on any atom is 0.295 e. The first kappa shape index (κ1) is 29.3. The highest BCUT2D eigenvalue weighted by molar-refractivity contribution is 7.91. The number of carbonyl (C=O) groups excluding carboxylic acids is 1. The first-order valence-electron chi connectivity index (χ1n) is 13.4. The lowest BCUT2D eigenvalue weighted by molar-refractivity contribution is -0.122. The molecule has 40 heavy (non-hydrogen) atoms. The van der Waals surface area contributed by atoms with Gasteiger partial charge in [0.05, 0.1) is 43.0 Å². The minimum absolute atomic E-state index is 0.169. The number of aliphatic imine (C=N–C) groups is 2. The van der Waals surface area contributed by atoms with Crippen molar-refractivity contribution in [2.24, 2.45) is 9.98 Å². The normalized spacial score (nSPS) is 17.9. The number of aromatic nitrogens is 4. The number of hydrogen-bond donors (Lipinski definition) is 1. The lowest BCUT2D eigenvalue weighted by atomic mass is 10.1. The van der Waals surface area contributed by atoms with Crippen molar-refractivity contribution in [2.45, 2.75) is 77.3 Å². The van der Waals surface area contributed by atoms with Gasteiger partial charge in [0.1, 0.15) is 23.6 Å². The van der Waals surface area contributed by atoms with Gasteiger partial charge in [0.2, 0.25) is 5.88 Å². The molecule has 0 spiro atoms. The van der Waals surface area contributed by atoms with Crippen LogP contribution in [0.15, 0.2) is 51.5 Å². The monoisotopic (exact) mass is 564 g/mol. The largest absolute Gasteiger partial charge is 0.611 e. The summed E-state index contributed by atoms with van der Waals surface area (Å²) in [7, 11) is 1.56. The third-order valence-electron chi connectivity index (χ3n) is 6.74. The molecular formula is C28H36N8O3S. The molecule has 1 N–H and O–H groups in total. The highest BCUT2D eigenvalue weighted by atomic mass is 32.2. The molecule has 2 atom stereocenters. The smallest absolute Gasteiger partial charge is 0.295 e. The van der Waals surface area contributed by atoms with Gasteiger partial charge in [-0.15, -0.1) is 0 Å². The lowest BCUT2D eigenvalue weighted by Crippen LogP contribution is -2.53. The number of carbonyl (C=O) groups is 1. The van der Waals surface area contributed by atoms with Gasteiger partial charge in [-0.25, -0.2) is 29.9 Å². The van der Waals surface area contributed by atoms with E-state index in [1.54, 1.807) is 24.4 Å². The van der Waals surface area contributed by atoms with E-state index >= 15 is 0 Å². The highest BCUT2D eigenvalue weighted by Crippen LogP contribution is 2.44. The fraction of sp³-hybridized carbons (Fsp3) is 0.464. The predicted octanol–water partition coefficient (Wildman–Crippen LogP) is 3.77. The molecular weight excluding hydrogens is 528 g/mol. The van der Waals surface area contributed by atoms with Crippen molar-refractivity contribution < 1.29 is 14.1 Å². The van der Waals surface area contributed by atoms with Crippen LogP contribution in [0.5, 0.6) is 5.88 Å². The molecule has 0 aromatic carbocycles. The molecule has 212 valence electrons. The van der Waals surface area contributed by atoms with E-state index in [1.165, 1.54) is 6.33 Å². The Morgan fingerprint density at radius 2 is 1.95 bits per heavy atom. The Morgan fingerprint density at radius 3 is 2.52 bits per heavy atom. The minimum Gasteiger partial charge on any atom is -0.611 e. The molecule has 2 aromatic heterocycles. The molecule has 1 amide bonds. The molecule has 0 radical (unpaired) electrons. The molecule has 0 bridgehead atoms. The molecule has 2 aliphatic rings. The molecule has 11 nitrogen and oxygen atoms in total. The standard InChI is InChI=1S/C28H36N8O3S/c1-8-17(5)36-26(34-18(6)22-24(19-10-11-19)32-15-33-27(22)39-7)23(16(3)4)35-25(28(36)37)31-14-21-29-12-20(13-30-21)40(38)9-2/h12-13,15,17,19H,6,8-11,14H2,1-5,7H3,(H,31,35)/b34-26+. The van der Waals surface area contributed by atoms with Crippen molar-refractivity contribution in [1.29, 1.82) is 0 Å². The predicted molar refractivity (Wildman–Crippen MR) is 155 cm³/mol. The number of methoxy groups -OCH3 is 1. The first-order chi connectivity index (χ1) is 19.2. The Hall–Kier alpha value is -3.64. The quantitative estimate of drug-likeness (QED) is 0.430.